The second-order valence-corrected chi connectivity index (χ2v) is 9.38. The van der Waals surface area contributed by atoms with Crippen molar-refractivity contribution in [3.63, 3.8) is 0 Å². The minimum Gasteiger partial charge on any atom is -0.359 e. The van der Waals surface area contributed by atoms with E-state index in [-0.39, 0.29) is 34.1 Å². The number of carbonyl (C=O) groups is 1. The van der Waals surface area contributed by atoms with Crippen LogP contribution in [0.5, 0.6) is 0 Å². The molecule has 0 aliphatic heterocycles. The zero-order valence-corrected chi connectivity index (χ0v) is 17.7. The van der Waals surface area contributed by atoms with Gasteiger partial charge in [0.15, 0.2) is 0 Å². The van der Waals surface area contributed by atoms with Gasteiger partial charge in [0.25, 0.3) is 11.6 Å². The monoisotopic (exact) mass is 453 g/mol. The third kappa shape index (κ3) is 4.03. The Kier molecular flexibility index (Phi) is 5.06. The van der Waals surface area contributed by atoms with Gasteiger partial charge in [0.1, 0.15) is 6.33 Å². The number of hydrazine groups is 1. The number of anilines is 2. The minimum atomic E-state index is -0.617. The largest absolute Gasteiger partial charge is 0.359 e. The van der Waals surface area contributed by atoms with Gasteiger partial charge in [-0.1, -0.05) is 0 Å². The van der Waals surface area contributed by atoms with Crippen molar-refractivity contribution in [2.45, 2.75) is 44.1 Å². The Labute approximate surface area is 188 Å². The molecule has 33 heavy (non-hydrogen) atoms. The van der Waals surface area contributed by atoms with Crippen molar-refractivity contribution in [2.75, 3.05) is 10.7 Å². The molecular formula is C21H23N7O5. The van der Waals surface area contributed by atoms with Crippen LogP contribution in [0.3, 0.4) is 0 Å². The molecule has 4 saturated carbocycles. The van der Waals surface area contributed by atoms with Gasteiger partial charge in [0.05, 0.1) is 9.85 Å². The first-order chi connectivity index (χ1) is 15.8. The predicted molar refractivity (Wildman–Crippen MR) is 117 cm³/mol. The summed E-state index contributed by atoms with van der Waals surface area (Å²) >= 11 is 0. The van der Waals surface area contributed by atoms with Gasteiger partial charge in [-0.3, -0.25) is 35.9 Å². The molecule has 0 atom stereocenters. The molecule has 0 radical (unpaired) electrons. The second kappa shape index (κ2) is 7.94. The molecule has 1 aromatic carbocycles. The highest BCUT2D eigenvalue weighted by Gasteiger charge is 2.51. The maximum absolute atomic E-state index is 12.4. The lowest BCUT2D eigenvalue weighted by atomic mass is 9.53. The van der Waals surface area contributed by atoms with Gasteiger partial charge in [-0.15, -0.1) is 0 Å². The molecule has 4 aliphatic rings. The van der Waals surface area contributed by atoms with E-state index in [0.29, 0.717) is 17.8 Å². The first-order valence-corrected chi connectivity index (χ1v) is 10.9. The Morgan fingerprint density at radius 3 is 2.03 bits per heavy atom. The molecule has 0 saturated heterocycles. The van der Waals surface area contributed by atoms with Crippen LogP contribution in [-0.2, 0) is 0 Å². The van der Waals surface area contributed by atoms with Crippen LogP contribution in [0.2, 0.25) is 0 Å². The summed E-state index contributed by atoms with van der Waals surface area (Å²) in [4.78, 5) is 42.1. The second-order valence-electron chi connectivity index (χ2n) is 9.38. The van der Waals surface area contributed by atoms with Crippen LogP contribution < -0.4 is 16.2 Å². The number of hydrogen-bond donors (Lipinski definition) is 3. The summed E-state index contributed by atoms with van der Waals surface area (Å²) in [6.07, 6.45) is 7.91. The van der Waals surface area contributed by atoms with E-state index in [0.717, 1.165) is 19.3 Å². The molecule has 6 rings (SSSR count). The number of hydrogen-bond acceptors (Lipinski definition) is 9. The highest BCUT2D eigenvalue weighted by atomic mass is 16.6. The van der Waals surface area contributed by atoms with Crippen LogP contribution in [-0.4, -0.2) is 31.3 Å². The van der Waals surface area contributed by atoms with Crippen molar-refractivity contribution in [1.82, 2.24) is 15.4 Å². The standard InChI is InChI=1S/C21H23N7O5/c29-20(15-1-3-16(4-2-15)27(30)31)26-25-19-17(28(32)33)18(22-11-23-19)24-21-8-12-5-13(9-21)7-14(6-12)10-21/h1-4,11-14H,5-10H2,(H,26,29)(H2,22,23,24,25). The molecule has 4 fully saturated rings. The van der Waals surface area contributed by atoms with E-state index in [1.165, 1.54) is 49.9 Å². The molecule has 172 valence electrons. The molecule has 1 aromatic heterocycles. The first kappa shape index (κ1) is 21.0. The van der Waals surface area contributed by atoms with E-state index in [1.807, 2.05) is 0 Å². The van der Waals surface area contributed by atoms with Crippen molar-refractivity contribution in [3.05, 3.63) is 56.4 Å². The molecule has 0 unspecified atom stereocenters. The summed E-state index contributed by atoms with van der Waals surface area (Å²) in [5.41, 5.74) is 4.36. The number of carbonyl (C=O) groups excluding carboxylic acids is 1. The minimum absolute atomic E-state index is 0.141. The van der Waals surface area contributed by atoms with Crippen LogP contribution in [0.15, 0.2) is 30.6 Å². The average Bonchev–Trinajstić information content (AvgIpc) is 2.76. The highest BCUT2D eigenvalue weighted by molar-refractivity contribution is 5.95. The molecule has 0 spiro atoms. The first-order valence-electron chi connectivity index (χ1n) is 10.9. The molecule has 1 amide bonds. The molecular weight excluding hydrogens is 430 g/mol. The van der Waals surface area contributed by atoms with Crippen molar-refractivity contribution in [2.24, 2.45) is 17.8 Å². The number of amides is 1. The van der Waals surface area contributed by atoms with Gasteiger partial charge in [-0.05, 0) is 68.4 Å². The number of benzene rings is 1. The SMILES string of the molecule is O=C(NNc1ncnc(NC23CC4CC(CC(C4)C2)C3)c1[N+](=O)[O-])c1ccc([N+](=O)[O-])cc1. The molecule has 4 aliphatic carbocycles. The lowest BCUT2D eigenvalue weighted by Gasteiger charge is -2.57. The van der Waals surface area contributed by atoms with Crippen LogP contribution >= 0.6 is 0 Å². The fourth-order valence-electron chi connectivity index (χ4n) is 6.17. The molecule has 12 heteroatoms. The summed E-state index contributed by atoms with van der Waals surface area (Å²) in [6.45, 7) is 0. The molecule has 2 aromatic rings. The Balaban J connectivity index is 1.33. The molecule has 3 N–H and O–H groups in total. The summed E-state index contributed by atoms with van der Waals surface area (Å²) in [7, 11) is 0. The lowest BCUT2D eigenvalue weighted by Crippen LogP contribution is -2.55. The number of rotatable bonds is 7. The molecule has 12 nitrogen and oxygen atoms in total. The predicted octanol–water partition coefficient (Wildman–Crippen LogP) is 3.43. The van der Waals surface area contributed by atoms with E-state index in [1.54, 1.807) is 0 Å². The van der Waals surface area contributed by atoms with Crippen LogP contribution in [0.4, 0.5) is 23.0 Å². The Hall–Kier alpha value is -3.83. The molecule has 4 bridgehead atoms. The van der Waals surface area contributed by atoms with Gasteiger partial charge in [0, 0.05) is 23.2 Å². The molecule has 1 heterocycles. The maximum Gasteiger partial charge on any atom is 0.354 e. The van der Waals surface area contributed by atoms with E-state index in [4.69, 9.17) is 0 Å². The normalized spacial score (nSPS) is 27.1. The fraction of sp³-hybridized carbons (Fsp3) is 0.476. The third-order valence-electron chi connectivity index (χ3n) is 7.06. The quantitative estimate of drug-likeness (QED) is 0.420. The van der Waals surface area contributed by atoms with Gasteiger partial charge in [-0.25, -0.2) is 9.97 Å². The smallest absolute Gasteiger partial charge is 0.354 e. The van der Waals surface area contributed by atoms with Crippen molar-refractivity contribution in [1.29, 1.82) is 0 Å². The van der Waals surface area contributed by atoms with Gasteiger partial charge in [0.2, 0.25) is 11.6 Å². The Morgan fingerprint density at radius 2 is 1.48 bits per heavy atom. The summed E-state index contributed by atoms with van der Waals surface area (Å²) in [6, 6.07) is 5.00. The summed E-state index contributed by atoms with van der Waals surface area (Å²) < 4.78 is 0. The van der Waals surface area contributed by atoms with E-state index in [9.17, 15) is 25.0 Å². The van der Waals surface area contributed by atoms with Crippen molar-refractivity contribution in [3.8, 4) is 0 Å². The average molecular weight is 453 g/mol. The Bertz CT molecular complexity index is 1090. The van der Waals surface area contributed by atoms with E-state index < -0.39 is 15.8 Å². The highest BCUT2D eigenvalue weighted by Crippen LogP contribution is 2.56. The van der Waals surface area contributed by atoms with Gasteiger partial charge < -0.3 is 5.32 Å². The number of nitrogens with zero attached hydrogens (tertiary/aromatic N) is 4. The Morgan fingerprint density at radius 1 is 0.909 bits per heavy atom. The van der Waals surface area contributed by atoms with Crippen LogP contribution in [0.25, 0.3) is 0 Å². The van der Waals surface area contributed by atoms with Crippen LogP contribution in [0, 0.1) is 38.0 Å². The van der Waals surface area contributed by atoms with Crippen molar-refractivity contribution < 1.29 is 14.6 Å². The fourth-order valence-corrected chi connectivity index (χ4v) is 6.17. The maximum atomic E-state index is 12.4. The topological polar surface area (TPSA) is 165 Å². The third-order valence-corrected chi connectivity index (χ3v) is 7.06. The number of non-ortho nitro benzene ring substituents is 1. The number of nitro benzene ring substituents is 1. The summed E-state index contributed by atoms with van der Waals surface area (Å²) in [5.74, 6) is 1.35. The van der Waals surface area contributed by atoms with E-state index >= 15 is 0 Å². The van der Waals surface area contributed by atoms with E-state index in [2.05, 4.69) is 26.1 Å². The summed E-state index contributed by atoms with van der Waals surface area (Å²) in [5, 5.41) is 26.1. The number of nitrogens with one attached hydrogen (secondary N) is 3. The van der Waals surface area contributed by atoms with Gasteiger partial charge in [-0.2, -0.15) is 0 Å². The number of aromatic nitrogens is 2. The lowest BCUT2D eigenvalue weighted by molar-refractivity contribution is -0.384. The zero-order valence-electron chi connectivity index (χ0n) is 17.7. The number of nitro groups is 2. The van der Waals surface area contributed by atoms with Crippen molar-refractivity contribution >= 4 is 28.9 Å². The van der Waals surface area contributed by atoms with Gasteiger partial charge >= 0.3 is 5.69 Å². The zero-order chi connectivity index (χ0) is 23.2. The van der Waals surface area contributed by atoms with Crippen LogP contribution in [0.1, 0.15) is 48.9 Å².